The van der Waals surface area contributed by atoms with Gasteiger partial charge in [-0.1, -0.05) is 36.4 Å². The lowest BCUT2D eigenvalue weighted by Gasteiger charge is -2.25. The fourth-order valence-electron chi connectivity index (χ4n) is 2.91. The number of fused-ring (bicyclic) bond motifs is 1. The fourth-order valence-corrected chi connectivity index (χ4v) is 3.95. The van der Waals surface area contributed by atoms with E-state index < -0.39 is 14.3 Å². The topological polar surface area (TPSA) is 54.5 Å². The third-order valence-electron chi connectivity index (χ3n) is 4.24. The lowest BCUT2D eigenvalue weighted by atomic mass is 10.0. The van der Waals surface area contributed by atoms with Crippen LogP contribution in [0, 0.1) is 0 Å². The van der Waals surface area contributed by atoms with Crippen LogP contribution in [0.15, 0.2) is 42.5 Å². The van der Waals surface area contributed by atoms with Gasteiger partial charge in [-0.05, 0) is 29.3 Å². The molecule has 0 spiro atoms. The number of benzene rings is 2. The van der Waals surface area contributed by atoms with Crippen LogP contribution in [0.5, 0.6) is 0 Å². The van der Waals surface area contributed by atoms with Gasteiger partial charge in [-0.15, -0.1) is 0 Å². The van der Waals surface area contributed by atoms with E-state index in [9.17, 15) is 13.2 Å². The van der Waals surface area contributed by atoms with Crippen LogP contribution >= 0.6 is 10.7 Å². The molecule has 1 saturated heterocycles. The normalized spacial score (nSPS) is 20.5. The van der Waals surface area contributed by atoms with Crippen molar-refractivity contribution in [2.24, 2.45) is 0 Å². The number of halogens is 1. The van der Waals surface area contributed by atoms with Gasteiger partial charge in [-0.25, -0.2) is 8.42 Å². The zero-order valence-electron chi connectivity index (χ0n) is 12.1. The molecule has 2 aromatic carbocycles. The average Bonchev–Trinajstić information content (AvgIpc) is 2.88. The summed E-state index contributed by atoms with van der Waals surface area (Å²) in [6.07, 6.45) is -0.0379. The van der Waals surface area contributed by atoms with Gasteiger partial charge in [0.2, 0.25) is 15.0 Å². The number of hydrogen-bond donors (Lipinski definition) is 0. The van der Waals surface area contributed by atoms with Crippen molar-refractivity contribution < 1.29 is 13.2 Å². The number of rotatable bonds is 3. The summed E-state index contributed by atoms with van der Waals surface area (Å²) in [4.78, 5) is 13.7. The SMILES string of the molecule is C[C@@H](c1ccc2ccccc2c1)N1CC(S(=O)(=O)Cl)CC1=O. The number of nitrogens with zero attached hydrogens (tertiary/aromatic N) is 1. The highest BCUT2D eigenvalue weighted by Gasteiger charge is 2.39. The molecule has 0 saturated carbocycles. The molecule has 2 atom stereocenters. The Morgan fingerprint density at radius 2 is 1.86 bits per heavy atom. The van der Waals surface area contributed by atoms with Crippen LogP contribution in [-0.2, 0) is 13.8 Å². The van der Waals surface area contributed by atoms with Crippen LogP contribution in [0.4, 0.5) is 0 Å². The second-order valence-corrected chi connectivity index (χ2v) is 8.54. The second-order valence-electron chi connectivity index (χ2n) is 5.63. The summed E-state index contributed by atoms with van der Waals surface area (Å²) in [5, 5.41) is 1.41. The van der Waals surface area contributed by atoms with E-state index >= 15 is 0 Å². The minimum absolute atomic E-state index is 0.0379. The Hall–Kier alpha value is -1.59. The summed E-state index contributed by atoms with van der Waals surface area (Å²) < 4.78 is 22.9. The summed E-state index contributed by atoms with van der Waals surface area (Å²) in [5.41, 5.74) is 0.986. The van der Waals surface area contributed by atoms with Crippen LogP contribution in [0.3, 0.4) is 0 Å². The highest BCUT2D eigenvalue weighted by molar-refractivity contribution is 8.14. The predicted molar refractivity (Wildman–Crippen MR) is 87.3 cm³/mol. The van der Waals surface area contributed by atoms with E-state index in [0.717, 1.165) is 16.3 Å². The lowest BCUT2D eigenvalue weighted by Crippen LogP contribution is -2.30. The Balaban J connectivity index is 1.89. The molecule has 0 aliphatic carbocycles. The molecule has 2 aromatic rings. The maximum absolute atomic E-state index is 12.1. The summed E-state index contributed by atoms with van der Waals surface area (Å²) in [5.74, 6) is -0.171. The van der Waals surface area contributed by atoms with Gasteiger partial charge in [0.05, 0.1) is 6.04 Å². The Kier molecular flexibility index (Phi) is 3.87. The summed E-state index contributed by atoms with van der Waals surface area (Å²) in [6, 6.07) is 13.8. The molecule has 6 heteroatoms. The number of carbonyl (C=O) groups excluding carboxylic acids is 1. The van der Waals surface area contributed by atoms with E-state index in [2.05, 4.69) is 0 Å². The van der Waals surface area contributed by atoms with Gasteiger partial charge in [-0.2, -0.15) is 0 Å². The Morgan fingerprint density at radius 3 is 2.50 bits per heavy atom. The van der Waals surface area contributed by atoms with Gasteiger partial charge in [0.15, 0.2) is 0 Å². The predicted octanol–water partition coefficient (Wildman–Crippen LogP) is 3.07. The largest absolute Gasteiger partial charge is 0.335 e. The van der Waals surface area contributed by atoms with Gasteiger partial charge < -0.3 is 4.90 Å². The monoisotopic (exact) mass is 337 g/mol. The van der Waals surface area contributed by atoms with Crippen LogP contribution in [-0.4, -0.2) is 31.0 Å². The molecular weight excluding hydrogens is 322 g/mol. The van der Waals surface area contributed by atoms with E-state index in [1.807, 2.05) is 49.4 Å². The second kappa shape index (κ2) is 5.56. The van der Waals surface area contributed by atoms with Crippen molar-refractivity contribution in [3.8, 4) is 0 Å². The third kappa shape index (κ3) is 2.83. The molecule has 1 aliphatic heterocycles. The van der Waals surface area contributed by atoms with Crippen LogP contribution < -0.4 is 0 Å². The number of likely N-dealkylation sites (tertiary alicyclic amines) is 1. The van der Waals surface area contributed by atoms with Crippen LogP contribution in [0.25, 0.3) is 10.8 Å². The average molecular weight is 338 g/mol. The molecule has 0 N–H and O–H groups in total. The molecule has 0 radical (unpaired) electrons. The van der Waals surface area contributed by atoms with Gasteiger partial charge in [0.1, 0.15) is 5.25 Å². The van der Waals surface area contributed by atoms with Crippen LogP contribution in [0.2, 0.25) is 0 Å². The van der Waals surface area contributed by atoms with Crippen molar-refractivity contribution in [1.82, 2.24) is 4.90 Å². The summed E-state index contributed by atoms with van der Waals surface area (Å²) >= 11 is 0. The molecule has 1 amide bonds. The first-order chi connectivity index (χ1) is 10.4. The van der Waals surface area contributed by atoms with Gasteiger partial charge in [0.25, 0.3) is 0 Å². The molecule has 0 bridgehead atoms. The maximum Gasteiger partial charge on any atom is 0.237 e. The van der Waals surface area contributed by atoms with E-state index in [1.54, 1.807) is 4.90 Å². The minimum Gasteiger partial charge on any atom is -0.335 e. The van der Waals surface area contributed by atoms with Crippen molar-refractivity contribution in [3.63, 3.8) is 0 Å². The van der Waals surface area contributed by atoms with Crippen molar-refractivity contribution >= 4 is 36.4 Å². The number of carbonyl (C=O) groups is 1. The molecule has 116 valence electrons. The van der Waals surface area contributed by atoms with E-state index in [-0.39, 0.29) is 24.9 Å². The minimum atomic E-state index is -3.71. The molecule has 1 unspecified atom stereocenters. The highest BCUT2D eigenvalue weighted by Crippen LogP contribution is 2.30. The quantitative estimate of drug-likeness (QED) is 0.809. The Labute approximate surface area is 134 Å². The Morgan fingerprint density at radius 1 is 1.18 bits per heavy atom. The molecule has 0 aromatic heterocycles. The molecule has 1 heterocycles. The summed E-state index contributed by atoms with van der Waals surface area (Å²) in [7, 11) is 1.68. The van der Waals surface area contributed by atoms with E-state index in [0.29, 0.717) is 0 Å². The molecule has 22 heavy (non-hydrogen) atoms. The molecule has 1 aliphatic rings. The first-order valence-corrected chi connectivity index (χ1v) is 9.45. The Bertz CT molecular complexity index is 834. The maximum atomic E-state index is 12.1. The van der Waals surface area contributed by atoms with Gasteiger partial charge >= 0.3 is 0 Å². The smallest absolute Gasteiger partial charge is 0.237 e. The van der Waals surface area contributed by atoms with Gasteiger partial charge in [-0.3, -0.25) is 4.79 Å². The van der Waals surface area contributed by atoms with E-state index in [4.69, 9.17) is 10.7 Å². The van der Waals surface area contributed by atoms with Crippen molar-refractivity contribution in [1.29, 1.82) is 0 Å². The molecule has 3 rings (SSSR count). The molecular formula is C16H16ClNO3S. The van der Waals surface area contributed by atoms with E-state index in [1.165, 1.54) is 0 Å². The third-order valence-corrected chi connectivity index (χ3v) is 6.11. The zero-order chi connectivity index (χ0) is 15.9. The van der Waals surface area contributed by atoms with Crippen molar-refractivity contribution in [2.75, 3.05) is 6.54 Å². The first-order valence-electron chi connectivity index (χ1n) is 7.08. The molecule has 1 fully saturated rings. The summed E-state index contributed by atoms with van der Waals surface area (Å²) in [6.45, 7) is 2.06. The highest BCUT2D eigenvalue weighted by atomic mass is 35.7. The van der Waals surface area contributed by atoms with Crippen LogP contribution in [0.1, 0.15) is 24.9 Å². The number of hydrogen-bond acceptors (Lipinski definition) is 3. The van der Waals surface area contributed by atoms with Gasteiger partial charge in [0, 0.05) is 23.6 Å². The first kappa shape index (κ1) is 15.3. The fraction of sp³-hybridized carbons (Fsp3) is 0.312. The van der Waals surface area contributed by atoms with Crippen molar-refractivity contribution in [3.05, 3.63) is 48.0 Å². The standard InChI is InChI=1S/C16H16ClNO3S/c1-11(18-10-15(9-16(18)19)22(17,20)21)13-7-6-12-4-2-3-5-14(12)8-13/h2-8,11,15H,9-10H2,1H3/t11-,15?/m0/s1. The zero-order valence-corrected chi connectivity index (χ0v) is 13.6. The van der Waals surface area contributed by atoms with Crippen molar-refractivity contribution in [2.45, 2.75) is 24.6 Å². The lowest BCUT2D eigenvalue weighted by molar-refractivity contribution is -0.129. The molecule has 4 nitrogen and oxygen atoms in total. The number of amides is 1.